The number of nitriles is 1. The minimum atomic E-state index is 0.221. The summed E-state index contributed by atoms with van der Waals surface area (Å²) >= 11 is 0. The molecule has 1 heterocycles. The Bertz CT molecular complexity index is 300. The molecular weight excluding hydrogens is 188 g/mol. The van der Waals surface area contributed by atoms with Crippen LogP contribution in [0.15, 0.2) is 22.8 Å². The van der Waals surface area contributed by atoms with E-state index in [4.69, 9.17) is 9.68 Å². The van der Waals surface area contributed by atoms with Crippen LogP contribution in [-0.2, 0) is 0 Å². The summed E-state index contributed by atoms with van der Waals surface area (Å²) in [5, 5.41) is 12.1. The zero-order valence-corrected chi connectivity index (χ0v) is 9.36. The molecule has 3 heteroatoms. The highest BCUT2D eigenvalue weighted by Crippen LogP contribution is 2.18. The Morgan fingerprint density at radius 1 is 1.47 bits per heavy atom. The van der Waals surface area contributed by atoms with E-state index in [1.165, 1.54) is 0 Å². The van der Waals surface area contributed by atoms with Gasteiger partial charge in [0.1, 0.15) is 5.76 Å². The average molecular weight is 206 g/mol. The molecule has 0 aliphatic heterocycles. The molecule has 1 aromatic rings. The van der Waals surface area contributed by atoms with Gasteiger partial charge in [-0.15, -0.1) is 0 Å². The van der Waals surface area contributed by atoms with Crippen molar-refractivity contribution in [3.8, 4) is 6.07 Å². The molecule has 1 rings (SSSR count). The first-order valence-corrected chi connectivity index (χ1v) is 5.48. The van der Waals surface area contributed by atoms with E-state index in [1.54, 1.807) is 6.26 Å². The molecule has 0 spiro atoms. The Hall–Kier alpha value is -1.27. The predicted molar refractivity (Wildman–Crippen MR) is 59.2 cm³/mol. The highest BCUT2D eigenvalue weighted by atomic mass is 16.3. The molecule has 0 radical (unpaired) electrons. The van der Waals surface area contributed by atoms with E-state index in [1.807, 2.05) is 12.1 Å². The molecule has 0 saturated carbocycles. The smallest absolute Gasteiger partial charge is 0.120 e. The number of hydrogen-bond donors (Lipinski definition) is 1. The van der Waals surface area contributed by atoms with Gasteiger partial charge in [-0.05, 0) is 25.0 Å². The Balaban J connectivity index is 2.57. The molecule has 0 saturated heterocycles. The zero-order chi connectivity index (χ0) is 11.1. The second-order valence-electron chi connectivity index (χ2n) is 3.61. The predicted octanol–water partition coefficient (Wildman–Crippen LogP) is 3.01. The zero-order valence-electron chi connectivity index (χ0n) is 9.36. The van der Waals surface area contributed by atoms with Crippen molar-refractivity contribution in [2.24, 2.45) is 0 Å². The summed E-state index contributed by atoms with van der Waals surface area (Å²) in [5.74, 6) is 0.953. The van der Waals surface area contributed by atoms with E-state index >= 15 is 0 Å². The first-order chi connectivity index (χ1) is 7.31. The third kappa shape index (κ3) is 3.41. The Labute approximate surface area is 91.1 Å². The highest BCUT2D eigenvalue weighted by molar-refractivity contribution is 5.04. The first-order valence-electron chi connectivity index (χ1n) is 5.48. The van der Waals surface area contributed by atoms with Crippen LogP contribution in [-0.4, -0.2) is 6.04 Å². The van der Waals surface area contributed by atoms with Gasteiger partial charge in [0.25, 0.3) is 0 Å². The minimum absolute atomic E-state index is 0.221. The fourth-order valence-corrected chi connectivity index (χ4v) is 1.61. The average Bonchev–Trinajstić information content (AvgIpc) is 2.77. The summed E-state index contributed by atoms with van der Waals surface area (Å²) in [5.41, 5.74) is 0. The van der Waals surface area contributed by atoms with E-state index in [0.717, 1.165) is 18.6 Å². The van der Waals surface area contributed by atoms with Gasteiger partial charge >= 0.3 is 0 Å². The molecule has 2 unspecified atom stereocenters. The number of nitrogens with zero attached hydrogens (tertiary/aromatic N) is 1. The van der Waals surface area contributed by atoms with Gasteiger partial charge in [0, 0.05) is 6.04 Å². The van der Waals surface area contributed by atoms with Crippen molar-refractivity contribution < 1.29 is 4.42 Å². The van der Waals surface area contributed by atoms with Crippen LogP contribution in [0.25, 0.3) is 0 Å². The number of nitrogens with one attached hydrogen (secondary N) is 1. The van der Waals surface area contributed by atoms with Crippen LogP contribution in [0.5, 0.6) is 0 Å². The van der Waals surface area contributed by atoms with Gasteiger partial charge in [-0.25, -0.2) is 0 Å². The molecule has 3 nitrogen and oxygen atoms in total. The molecule has 0 bridgehead atoms. The first kappa shape index (κ1) is 11.8. The molecule has 15 heavy (non-hydrogen) atoms. The van der Waals surface area contributed by atoms with Crippen LogP contribution in [0.4, 0.5) is 0 Å². The Morgan fingerprint density at radius 2 is 2.27 bits per heavy atom. The van der Waals surface area contributed by atoms with Gasteiger partial charge in [-0.1, -0.05) is 13.8 Å². The Kier molecular flexibility index (Phi) is 4.92. The van der Waals surface area contributed by atoms with Crippen molar-refractivity contribution in [3.05, 3.63) is 24.2 Å². The van der Waals surface area contributed by atoms with Crippen molar-refractivity contribution >= 4 is 0 Å². The molecule has 0 aliphatic rings. The second-order valence-corrected chi connectivity index (χ2v) is 3.61. The topological polar surface area (TPSA) is 49.0 Å². The lowest BCUT2D eigenvalue weighted by Gasteiger charge is -2.20. The third-order valence-electron chi connectivity index (χ3n) is 2.56. The molecule has 0 aromatic carbocycles. The van der Waals surface area contributed by atoms with Crippen LogP contribution >= 0.6 is 0 Å². The molecule has 82 valence electrons. The van der Waals surface area contributed by atoms with Crippen LogP contribution in [0.2, 0.25) is 0 Å². The molecule has 2 atom stereocenters. The summed E-state index contributed by atoms with van der Waals surface area (Å²) < 4.78 is 5.36. The SMILES string of the molecule is CCC(CC#N)NC(CC)c1ccco1. The van der Waals surface area contributed by atoms with Gasteiger partial charge in [0.15, 0.2) is 0 Å². The molecule has 1 aromatic heterocycles. The number of hydrogen-bond acceptors (Lipinski definition) is 3. The maximum absolute atomic E-state index is 8.67. The molecule has 0 aliphatic carbocycles. The third-order valence-corrected chi connectivity index (χ3v) is 2.56. The van der Waals surface area contributed by atoms with Crippen LogP contribution in [0, 0.1) is 11.3 Å². The van der Waals surface area contributed by atoms with Crippen molar-refractivity contribution in [2.45, 2.75) is 45.2 Å². The van der Waals surface area contributed by atoms with Gasteiger partial charge in [-0.2, -0.15) is 5.26 Å². The van der Waals surface area contributed by atoms with E-state index in [0.29, 0.717) is 6.42 Å². The van der Waals surface area contributed by atoms with Crippen LogP contribution < -0.4 is 5.32 Å². The van der Waals surface area contributed by atoms with Gasteiger partial charge in [0.2, 0.25) is 0 Å². The fraction of sp³-hybridized carbons (Fsp3) is 0.583. The quantitative estimate of drug-likeness (QED) is 0.778. The lowest BCUT2D eigenvalue weighted by atomic mass is 10.1. The van der Waals surface area contributed by atoms with Crippen molar-refractivity contribution in [3.63, 3.8) is 0 Å². The summed E-state index contributed by atoms with van der Waals surface area (Å²) in [7, 11) is 0. The Morgan fingerprint density at radius 3 is 2.73 bits per heavy atom. The monoisotopic (exact) mass is 206 g/mol. The van der Waals surface area contributed by atoms with Gasteiger partial charge in [-0.3, -0.25) is 0 Å². The number of furan rings is 1. The molecule has 0 amide bonds. The molecule has 0 fully saturated rings. The van der Waals surface area contributed by atoms with Gasteiger partial charge in [0.05, 0.1) is 24.8 Å². The maximum Gasteiger partial charge on any atom is 0.120 e. The van der Waals surface area contributed by atoms with Crippen LogP contribution in [0.1, 0.15) is 44.9 Å². The number of rotatable bonds is 6. The lowest BCUT2D eigenvalue weighted by Crippen LogP contribution is -2.31. The fourth-order valence-electron chi connectivity index (χ4n) is 1.61. The minimum Gasteiger partial charge on any atom is -0.468 e. The second kappa shape index (κ2) is 6.26. The van der Waals surface area contributed by atoms with Crippen molar-refractivity contribution in [2.75, 3.05) is 0 Å². The summed E-state index contributed by atoms with van der Waals surface area (Å²) in [6, 6.07) is 6.54. The molecular formula is C12H18N2O. The van der Waals surface area contributed by atoms with E-state index in [2.05, 4.69) is 25.2 Å². The molecule has 1 N–H and O–H groups in total. The van der Waals surface area contributed by atoms with Crippen molar-refractivity contribution in [1.82, 2.24) is 5.32 Å². The standard InChI is InChI=1S/C12H18N2O/c1-3-10(7-8-13)14-11(4-2)12-6-5-9-15-12/h5-6,9-11,14H,3-4,7H2,1-2H3. The van der Waals surface area contributed by atoms with Crippen molar-refractivity contribution in [1.29, 1.82) is 5.26 Å². The highest BCUT2D eigenvalue weighted by Gasteiger charge is 2.15. The largest absolute Gasteiger partial charge is 0.468 e. The van der Waals surface area contributed by atoms with Gasteiger partial charge < -0.3 is 9.73 Å². The summed E-state index contributed by atoms with van der Waals surface area (Å²) in [4.78, 5) is 0. The van der Waals surface area contributed by atoms with E-state index in [-0.39, 0.29) is 12.1 Å². The maximum atomic E-state index is 8.67. The summed E-state index contributed by atoms with van der Waals surface area (Å²) in [6.45, 7) is 4.20. The summed E-state index contributed by atoms with van der Waals surface area (Å²) in [6.07, 6.45) is 4.17. The van der Waals surface area contributed by atoms with E-state index < -0.39 is 0 Å². The van der Waals surface area contributed by atoms with Crippen LogP contribution in [0.3, 0.4) is 0 Å². The normalized spacial score (nSPS) is 14.5. The lowest BCUT2D eigenvalue weighted by molar-refractivity contribution is 0.359. The van der Waals surface area contributed by atoms with E-state index in [9.17, 15) is 0 Å².